The average Bonchev–Trinajstić information content (AvgIpc) is 2.71. The quantitative estimate of drug-likeness (QED) is 0.702. The summed E-state index contributed by atoms with van der Waals surface area (Å²) in [6.45, 7) is 0. The van der Waals surface area contributed by atoms with Gasteiger partial charge in [0.2, 0.25) is 0 Å². The molecule has 0 radical (unpaired) electrons. The van der Waals surface area contributed by atoms with Gasteiger partial charge in [-0.3, -0.25) is 0 Å². The van der Waals surface area contributed by atoms with E-state index in [2.05, 4.69) is 0 Å². The number of halogens is 3. The average molecular weight is 233 g/mol. The van der Waals surface area contributed by atoms with Gasteiger partial charge in [-0.1, -0.05) is 11.6 Å². The summed E-state index contributed by atoms with van der Waals surface area (Å²) in [5.74, 6) is -1.83. The molecule has 0 aromatic heterocycles. The molecule has 0 aliphatic heterocycles. The molecule has 1 aliphatic rings. The van der Waals surface area contributed by atoms with Crippen LogP contribution in [0.2, 0.25) is 5.02 Å². The van der Waals surface area contributed by atoms with Crippen LogP contribution in [-0.2, 0) is 0 Å². The number of rotatable bonds is 2. The van der Waals surface area contributed by atoms with E-state index in [0.29, 0.717) is 0 Å². The fraction of sp³-hybridized carbons (Fsp3) is 0.455. The molecular formula is C11H11ClF2O. The second-order valence-electron chi connectivity index (χ2n) is 3.70. The lowest BCUT2D eigenvalue weighted by Crippen LogP contribution is -2.13. The zero-order valence-electron chi connectivity index (χ0n) is 8.10. The van der Waals surface area contributed by atoms with E-state index in [1.165, 1.54) is 6.07 Å². The van der Waals surface area contributed by atoms with E-state index in [0.717, 1.165) is 31.7 Å². The van der Waals surface area contributed by atoms with Crippen LogP contribution in [0.15, 0.2) is 12.1 Å². The molecule has 1 aromatic rings. The van der Waals surface area contributed by atoms with Crippen LogP contribution in [-0.4, -0.2) is 6.10 Å². The van der Waals surface area contributed by atoms with E-state index < -0.39 is 11.6 Å². The predicted octanol–water partition coefficient (Wildman–Crippen LogP) is 3.94. The van der Waals surface area contributed by atoms with Crippen molar-refractivity contribution in [3.05, 3.63) is 28.8 Å². The molecule has 1 nitrogen and oxygen atoms in total. The topological polar surface area (TPSA) is 9.23 Å². The van der Waals surface area contributed by atoms with Gasteiger partial charge in [-0.25, -0.2) is 8.78 Å². The molecule has 0 atom stereocenters. The van der Waals surface area contributed by atoms with Gasteiger partial charge >= 0.3 is 0 Å². The standard InChI is InChI=1S/C11H11ClF2O/c12-8-5-6-9(13)11(10(8)14)15-7-3-1-2-4-7/h5-7H,1-4H2. The second-order valence-corrected chi connectivity index (χ2v) is 4.10. The Morgan fingerprint density at radius 2 is 1.87 bits per heavy atom. The van der Waals surface area contributed by atoms with E-state index in [-0.39, 0.29) is 16.9 Å². The van der Waals surface area contributed by atoms with Crippen LogP contribution in [0, 0.1) is 11.6 Å². The minimum atomic E-state index is -0.802. The van der Waals surface area contributed by atoms with Crippen molar-refractivity contribution in [1.82, 2.24) is 0 Å². The van der Waals surface area contributed by atoms with E-state index in [1.54, 1.807) is 0 Å². The lowest BCUT2D eigenvalue weighted by atomic mass is 10.3. The van der Waals surface area contributed by atoms with Crippen LogP contribution in [0.5, 0.6) is 5.75 Å². The molecule has 0 spiro atoms. The Morgan fingerprint density at radius 3 is 2.53 bits per heavy atom. The summed E-state index contributed by atoms with van der Waals surface area (Å²) < 4.78 is 32.0. The summed E-state index contributed by atoms with van der Waals surface area (Å²) in [4.78, 5) is 0. The van der Waals surface area contributed by atoms with Gasteiger partial charge < -0.3 is 4.74 Å². The Hall–Kier alpha value is -0.830. The fourth-order valence-electron chi connectivity index (χ4n) is 1.79. The molecule has 1 fully saturated rings. The van der Waals surface area contributed by atoms with Gasteiger partial charge in [-0.05, 0) is 37.8 Å². The smallest absolute Gasteiger partial charge is 0.192 e. The third kappa shape index (κ3) is 2.23. The van der Waals surface area contributed by atoms with Gasteiger partial charge in [0.1, 0.15) is 0 Å². The zero-order chi connectivity index (χ0) is 10.8. The van der Waals surface area contributed by atoms with Gasteiger partial charge in [-0.2, -0.15) is 0 Å². The van der Waals surface area contributed by atoms with E-state index in [1.807, 2.05) is 0 Å². The summed E-state index contributed by atoms with van der Waals surface area (Å²) >= 11 is 5.55. The SMILES string of the molecule is Fc1ccc(Cl)c(F)c1OC1CCCC1. The summed E-state index contributed by atoms with van der Waals surface area (Å²) in [5, 5.41) is -0.107. The predicted molar refractivity (Wildman–Crippen MR) is 54.3 cm³/mol. The molecule has 2 rings (SSSR count). The van der Waals surface area contributed by atoms with Crippen molar-refractivity contribution < 1.29 is 13.5 Å². The van der Waals surface area contributed by atoms with Crippen LogP contribution in [0.1, 0.15) is 25.7 Å². The van der Waals surface area contributed by atoms with E-state index in [4.69, 9.17) is 16.3 Å². The Balaban J connectivity index is 2.22. The highest BCUT2D eigenvalue weighted by Gasteiger charge is 2.21. The molecule has 4 heteroatoms. The minimum Gasteiger partial charge on any atom is -0.484 e. The minimum absolute atomic E-state index is 0.0764. The first-order valence-corrected chi connectivity index (χ1v) is 5.36. The van der Waals surface area contributed by atoms with E-state index >= 15 is 0 Å². The summed E-state index contributed by atoms with van der Waals surface area (Å²) in [6.07, 6.45) is 3.73. The maximum Gasteiger partial charge on any atom is 0.192 e. The highest BCUT2D eigenvalue weighted by molar-refractivity contribution is 6.30. The van der Waals surface area contributed by atoms with Crippen LogP contribution in [0.25, 0.3) is 0 Å². The van der Waals surface area contributed by atoms with Crippen LogP contribution < -0.4 is 4.74 Å². The fourth-order valence-corrected chi connectivity index (χ4v) is 1.94. The summed E-state index contributed by atoms with van der Waals surface area (Å²) in [7, 11) is 0. The molecule has 82 valence electrons. The summed E-state index contributed by atoms with van der Waals surface area (Å²) in [6, 6.07) is 2.31. The maximum atomic E-state index is 13.4. The molecule has 15 heavy (non-hydrogen) atoms. The highest BCUT2D eigenvalue weighted by Crippen LogP contribution is 2.31. The Bertz CT molecular complexity index is 362. The normalized spacial score (nSPS) is 17.0. The molecule has 0 saturated heterocycles. The molecule has 0 unspecified atom stereocenters. The first kappa shape index (κ1) is 10.7. The van der Waals surface area contributed by atoms with Crippen molar-refractivity contribution in [3.8, 4) is 5.75 Å². The van der Waals surface area contributed by atoms with Crippen LogP contribution >= 0.6 is 11.6 Å². The molecule has 0 N–H and O–H groups in total. The van der Waals surface area contributed by atoms with Gasteiger partial charge in [0, 0.05) is 0 Å². The molecular weight excluding hydrogens is 222 g/mol. The Kier molecular flexibility index (Phi) is 3.10. The van der Waals surface area contributed by atoms with Crippen LogP contribution in [0.3, 0.4) is 0 Å². The van der Waals surface area contributed by atoms with Gasteiger partial charge in [0.05, 0.1) is 11.1 Å². The third-order valence-corrected chi connectivity index (χ3v) is 2.88. The molecule has 0 heterocycles. The Labute approximate surface area is 92.0 Å². The lowest BCUT2D eigenvalue weighted by molar-refractivity contribution is 0.191. The molecule has 1 aliphatic carbocycles. The summed E-state index contributed by atoms with van der Waals surface area (Å²) in [5.41, 5.74) is 0. The first-order valence-electron chi connectivity index (χ1n) is 4.98. The van der Waals surface area contributed by atoms with Crippen molar-refractivity contribution in [2.45, 2.75) is 31.8 Å². The van der Waals surface area contributed by atoms with Crippen molar-refractivity contribution in [2.75, 3.05) is 0 Å². The molecule has 1 aromatic carbocycles. The van der Waals surface area contributed by atoms with Crippen molar-refractivity contribution in [2.24, 2.45) is 0 Å². The van der Waals surface area contributed by atoms with E-state index in [9.17, 15) is 8.78 Å². The molecule has 0 amide bonds. The zero-order valence-corrected chi connectivity index (χ0v) is 8.86. The Morgan fingerprint density at radius 1 is 1.20 bits per heavy atom. The van der Waals surface area contributed by atoms with Crippen molar-refractivity contribution in [1.29, 1.82) is 0 Å². The number of benzene rings is 1. The van der Waals surface area contributed by atoms with Gasteiger partial charge in [0.15, 0.2) is 17.4 Å². The van der Waals surface area contributed by atoms with Gasteiger partial charge in [0.25, 0.3) is 0 Å². The number of hydrogen-bond donors (Lipinski definition) is 0. The number of hydrogen-bond acceptors (Lipinski definition) is 1. The van der Waals surface area contributed by atoms with Crippen molar-refractivity contribution >= 4 is 11.6 Å². The molecule has 1 saturated carbocycles. The largest absolute Gasteiger partial charge is 0.484 e. The first-order chi connectivity index (χ1) is 7.18. The molecule has 0 bridgehead atoms. The maximum absolute atomic E-state index is 13.4. The number of ether oxygens (including phenoxy) is 1. The third-order valence-electron chi connectivity index (χ3n) is 2.59. The second kappa shape index (κ2) is 4.35. The van der Waals surface area contributed by atoms with Gasteiger partial charge in [-0.15, -0.1) is 0 Å². The monoisotopic (exact) mass is 232 g/mol. The van der Waals surface area contributed by atoms with Crippen LogP contribution in [0.4, 0.5) is 8.78 Å². The highest BCUT2D eigenvalue weighted by atomic mass is 35.5. The van der Waals surface area contributed by atoms with Crippen molar-refractivity contribution in [3.63, 3.8) is 0 Å². The lowest BCUT2D eigenvalue weighted by Gasteiger charge is -2.14.